The van der Waals surface area contributed by atoms with E-state index in [9.17, 15) is 9.59 Å². The third kappa shape index (κ3) is 3.51. The van der Waals surface area contributed by atoms with Crippen molar-refractivity contribution in [2.45, 2.75) is 26.3 Å². The number of nitrogens with one attached hydrogen (secondary N) is 1. The highest BCUT2D eigenvalue weighted by molar-refractivity contribution is 5.94. The second-order valence-electron chi connectivity index (χ2n) is 4.99. The van der Waals surface area contributed by atoms with Crippen LogP contribution in [0.15, 0.2) is 47.4 Å². The van der Waals surface area contributed by atoms with Crippen molar-refractivity contribution < 1.29 is 4.79 Å². The Kier molecular flexibility index (Phi) is 4.42. The van der Waals surface area contributed by atoms with Crippen LogP contribution in [-0.2, 0) is 4.79 Å². The largest absolute Gasteiger partial charge is 0.399 e. The normalized spacial score (nSPS) is 11.9. The number of hydrogen-bond donors (Lipinski definition) is 2. The topological polar surface area (TPSA) is 77.1 Å². The lowest BCUT2D eigenvalue weighted by molar-refractivity contribution is -0.119. The molecule has 1 amide bonds. The van der Waals surface area contributed by atoms with E-state index in [4.69, 9.17) is 5.73 Å². The van der Waals surface area contributed by atoms with Gasteiger partial charge in [-0.3, -0.25) is 9.59 Å². The second-order valence-corrected chi connectivity index (χ2v) is 4.99. The van der Waals surface area contributed by atoms with Crippen LogP contribution < -0.4 is 16.6 Å². The zero-order valence-electron chi connectivity index (χ0n) is 12.2. The summed E-state index contributed by atoms with van der Waals surface area (Å²) < 4.78 is 1.47. The number of nitrogens with two attached hydrogens (primary N) is 1. The van der Waals surface area contributed by atoms with Gasteiger partial charge in [0, 0.05) is 23.6 Å². The van der Waals surface area contributed by atoms with Crippen molar-refractivity contribution in [2.24, 2.45) is 0 Å². The van der Waals surface area contributed by atoms with Crippen molar-refractivity contribution in [3.8, 4) is 0 Å². The number of rotatable bonds is 4. The number of amides is 1. The van der Waals surface area contributed by atoms with E-state index in [1.807, 2.05) is 13.8 Å². The quantitative estimate of drug-likeness (QED) is 0.846. The number of nitrogens with zero attached hydrogens (tertiary/aromatic N) is 1. The SMILES string of the molecule is CCC(C(=O)Nc1cccc(N)c1)n1cc(C)ccc1=O. The molecule has 0 radical (unpaired) electrons. The van der Waals surface area contributed by atoms with E-state index < -0.39 is 6.04 Å². The maximum atomic E-state index is 12.4. The highest BCUT2D eigenvalue weighted by Gasteiger charge is 2.19. The first-order chi connectivity index (χ1) is 10.0. The Balaban J connectivity index is 2.27. The van der Waals surface area contributed by atoms with E-state index in [0.717, 1.165) is 5.56 Å². The minimum absolute atomic E-state index is 0.185. The molecule has 2 aromatic rings. The first kappa shape index (κ1) is 14.8. The molecule has 0 aliphatic rings. The lowest BCUT2D eigenvalue weighted by atomic mass is 10.1. The van der Waals surface area contributed by atoms with Crippen LogP contribution in [0.5, 0.6) is 0 Å². The Labute approximate surface area is 123 Å². The summed E-state index contributed by atoms with van der Waals surface area (Å²) in [7, 11) is 0. The summed E-state index contributed by atoms with van der Waals surface area (Å²) in [6.07, 6.45) is 2.23. The average Bonchev–Trinajstić information content (AvgIpc) is 2.43. The van der Waals surface area contributed by atoms with E-state index in [-0.39, 0.29) is 11.5 Å². The molecule has 1 aromatic heterocycles. The lowest BCUT2D eigenvalue weighted by Crippen LogP contribution is -2.32. The van der Waals surface area contributed by atoms with Crippen LogP contribution in [0.1, 0.15) is 24.9 Å². The third-order valence-electron chi connectivity index (χ3n) is 3.27. The van der Waals surface area contributed by atoms with E-state index in [1.54, 1.807) is 36.5 Å². The van der Waals surface area contributed by atoms with Gasteiger partial charge in [-0.15, -0.1) is 0 Å². The molecule has 1 heterocycles. The predicted molar refractivity (Wildman–Crippen MR) is 84.3 cm³/mol. The highest BCUT2D eigenvalue weighted by Crippen LogP contribution is 2.16. The molecule has 0 saturated heterocycles. The zero-order valence-corrected chi connectivity index (χ0v) is 12.2. The summed E-state index contributed by atoms with van der Waals surface area (Å²) in [4.78, 5) is 24.4. The molecule has 1 unspecified atom stereocenters. The first-order valence-corrected chi connectivity index (χ1v) is 6.86. The fraction of sp³-hybridized carbons (Fsp3) is 0.250. The molecule has 3 N–H and O–H groups in total. The Bertz CT molecular complexity index is 707. The van der Waals surface area contributed by atoms with Gasteiger partial charge >= 0.3 is 0 Å². The smallest absolute Gasteiger partial charge is 0.251 e. The lowest BCUT2D eigenvalue weighted by Gasteiger charge is -2.18. The number of anilines is 2. The summed E-state index contributed by atoms with van der Waals surface area (Å²) in [6, 6.07) is 9.64. The van der Waals surface area contributed by atoms with Crippen molar-refractivity contribution >= 4 is 17.3 Å². The predicted octanol–water partition coefficient (Wildman–Crippen LogP) is 2.33. The van der Waals surface area contributed by atoms with Gasteiger partial charge in [-0.2, -0.15) is 0 Å². The monoisotopic (exact) mass is 285 g/mol. The van der Waals surface area contributed by atoms with Crippen molar-refractivity contribution in [3.05, 3.63) is 58.5 Å². The molecular weight excluding hydrogens is 266 g/mol. The summed E-state index contributed by atoms with van der Waals surface area (Å²) in [5.74, 6) is -0.226. The van der Waals surface area contributed by atoms with Crippen molar-refractivity contribution in [3.63, 3.8) is 0 Å². The molecule has 2 rings (SSSR count). The van der Waals surface area contributed by atoms with Crippen LogP contribution in [0.25, 0.3) is 0 Å². The van der Waals surface area contributed by atoms with Gasteiger partial charge in [0.15, 0.2) is 0 Å². The first-order valence-electron chi connectivity index (χ1n) is 6.86. The summed E-state index contributed by atoms with van der Waals surface area (Å²) in [5.41, 5.74) is 7.64. The molecule has 5 nitrogen and oxygen atoms in total. The van der Waals surface area contributed by atoms with Gasteiger partial charge in [0.25, 0.3) is 5.56 Å². The third-order valence-corrected chi connectivity index (χ3v) is 3.27. The Morgan fingerprint density at radius 2 is 2.10 bits per heavy atom. The van der Waals surface area contributed by atoms with Gasteiger partial charge < -0.3 is 15.6 Å². The number of aromatic nitrogens is 1. The molecule has 21 heavy (non-hydrogen) atoms. The fourth-order valence-electron chi connectivity index (χ4n) is 2.21. The van der Waals surface area contributed by atoms with E-state index in [0.29, 0.717) is 17.8 Å². The standard InChI is InChI=1S/C16H19N3O2/c1-3-14(19-10-11(2)7-8-15(19)20)16(21)18-13-6-4-5-12(17)9-13/h4-10,14H,3,17H2,1-2H3,(H,18,21). The molecule has 5 heteroatoms. The number of pyridine rings is 1. The molecule has 0 aliphatic heterocycles. The van der Waals surface area contributed by atoms with Gasteiger partial charge in [0.1, 0.15) is 6.04 Å². The van der Waals surface area contributed by atoms with E-state index in [1.165, 1.54) is 10.6 Å². The Morgan fingerprint density at radius 3 is 2.76 bits per heavy atom. The molecule has 0 fully saturated rings. The van der Waals surface area contributed by atoms with Crippen LogP contribution in [0.4, 0.5) is 11.4 Å². The van der Waals surface area contributed by atoms with Crippen LogP contribution in [0, 0.1) is 6.92 Å². The maximum absolute atomic E-state index is 12.4. The number of hydrogen-bond acceptors (Lipinski definition) is 3. The van der Waals surface area contributed by atoms with Crippen LogP contribution in [0.3, 0.4) is 0 Å². The number of nitrogen functional groups attached to an aromatic ring is 1. The number of carbonyl (C=O) groups excluding carboxylic acids is 1. The Morgan fingerprint density at radius 1 is 1.33 bits per heavy atom. The minimum atomic E-state index is -0.543. The zero-order chi connectivity index (χ0) is 15.4. The maximum Gasteiger partial charge on any atom is 0.251 e. The van der Waals surface area contributed by atoms with Crippen LogP contribution in [-0.4, -0.2) is 10.5 Å². The fourth-order valence-corrected chi connectivity index (χ4v) is 2.21. The van der Waals surface area contributed by atoms with Gasteiger partial charge in [0.2, 0.25) is 5.91 Å². The van der Waals surface area contributed by atoms with Crippen molar-refractivity contribution in [1.82, 2.24) is 4.57 Å². The van der Waals surface area contributed by atoms with Gasteiger partial charge in [0.05, 0.1) is 0 Å². The summed E-state index contributed by atoms with van der Waals surface area (Å²) in [6.45, 7) is 3.76. The van der Waals surface area contributed by atoms with Crippen LogP contribution >= 0.6 is 0 Å². The average molecular weight is 285 g/mol. The van der Waals surface area contributed by atoms with Crippen molar-refractivity contribution in [2.75, 3.05) is 11.1 Å². The molecule has 1 atom stereocenters. The molecule has 110 valence electrons. The van der Waals surface area contributed by atoms with E-state index in [2.05, 4.69) is 5.32 Å². The Hall–Kier alpha value is -2.56. The minimum Gasteiger partial charge on any atom is -0.399 e. The molecular formula is C16H19N3O2. The molecule has 0 saturated carbocycles. The second kappa shape index (κ2) is 6.26. The van der Waals surface area contributed by atoms with Gasteiger partial charge in [-0.1, -0.05) is 19.1 Å². The molecule has 1 aromatic carbocycles. The molecule has 0 spiro atoms. The number of carbonyl (C=O) groups is 1. The molecule has 0 bridgehead atoms. The van der Waals surface area contributed by atoms with Gasteiger partial charge in [-0.05, 0) is 37.1 Å². The summed E-state index contributed by atoms with van der Waals surface area (Å²) in [5, 5.41) is 2.80. The van der Waals surface area contributed by atoms with Crippen molar-refractivity contribution in [1.29, 1.82) is 0 Å². The van der Waals surface area contributed by atoms with Gasteiger partial charge in [-0.25, -0.2) is 0 Å². The number of aryl methyl sites for hydroxylation is 1. The number of benzene rings is 1. The van der Waals surface area contributed by atoms with Crippen LogP contribution in [0.2, 0.25) is 0 Å². The highest BCUT2D eigenvalue weighted by atomic mass is 16.2. The molecule has 0 aliphatic carbocycles. The van der Waals surface area contributed by atoms with E-state index >= 15 is 0 Å². The summed E-state index contributed by atoms with van der Waals surface area (Å²) >= 11 is 0.